The van der Waals surface area contributed by atoms with Gasteiger partial charge in [0.05, 0.1) is 6.54 Å². The largest absolute Gasteiger partial charge is 0.347 e. The molecule has 7 nitrogen and oxygen atoms in total. The number of aliphatic imine (C=N–C) groups is 1. The standard InChI is InChI=1S/C18H25F2N5O2.HI/c1-23(2)16(26)9-21-18(22-10-17(27)24(3)4)25-6-5-14-12(11-25)7-13(19)8-15(14)20;/h7-8H,5-6,9-11H2,1-4H3,(H,21,22);1H. The van der Waals surface area contributed by atoms with Gasteiger partial charge in [-0.05, 0) is 23.6 Å². The normalized spacial score (nSPS) is 13.4. The second-order valence-electron chi connectivity index (χ2n) is 6.77. The lowest BCUT2D eigenvalue weighted by atomic mass is 9.99. The average molecular weight is 509 g/mol. The Bertz CT molecular complexity index is 756. The smallest absolute Gasteiger partial charge is 0.243 e. The first-order valence-corrected chi connectivity index (χ1v) is 8.59. The Morgan fingerprint density at radius 2 is 1.79 bits per heavy atom. The van der Waals surface area contributed by atoms with Gasteiger partial charge < -0.3 is 20.0 Å². The molecule has 2 amide bonds. The fourth-order valence-corrected chi connectivity index (χ4v) is 2.65. The van der Waals surface area contributed by atoms with Gasteiger partial charge in [-0.3, -0.25) is 9.59 Å². The van der Waals surface area contributed by atoms with Crippen LogP contribution in [0, 0.1) is 11.6 Å². The van der Waals surface area contributed by atoms with Crippen molar-refractivity contribution >= 4 is 41.8 Å². The Morgan fingerprint density at radius 1 is 1.14 bits per heavy atom. The van der Waals surface area contributed by atoms with Crippen molar-refractivity contribution < 1.29 is 18.4 Å². The van der Waals surface area contributed by atoms with Gasteiger partial charge in [0, 0.05) is 47.3 Å². The summed E-state index contributed by atoms with van der Waals surface area (Å²) >= 11 is 0. The van der Waals surface area contributed by atoms with Crippen LogP contribution >= 0.6 is 24.0 Å². The van der Waals surface area contributed by atoms with E-state index in [9.17, 15) is 18.4 Å². The lowest BCUT2D eigenvalue weighted by Gasteiger charge is -2.32. The highest BCUT2D eigenvalue weighted by atomic mass is 127. The van der Waals surface area contributed by atoms with Gasteiger partial charge in [0.2, 0.25) is 11.8 Å². The number of hydrogen-bond donors (Lipinski definition) is 1. The highest BCUT2D eigenvalue weighted by Gasteiger charge is 2.23. The number of amides is 2. The van der Waals surface area contributed by atoms with Gasteiger partial charge in [-0.25, -0.2) is 13.8 Å². The van der Waals surface area contributed by atoms with Crippen LogP contribution in [0.1, 0.15) is 11.1 Å². The molecule has 1 aromatic carbocycles. The van der Waals surface area contributed by atoms with Gasteiger partial charge >= 0.3 is 0 Å². The number of fused-ring (bicyclic) bond motifs is 1. The molecule has 156 valence electrons. The fourth-order valence-electron chi connectivity index (χ4n) is 2.65. The van der Waals surface area contributed by atoms with Crippen molar-refractivity contribution in [3.8, 4) is 0 Å². The first-order chi connectivity index (χ1) is 12.7. The molecule has 0 aromatic heterocycles. The molecule has 0 spiro atoms. The maximum atomic E-state index is 13.9. The van der Waals surface area contributed by atoms with Crippen LogP contribution in [-0.2, 0) is 22.6 Å². The molecule has 2 rings (SSSR count). The minimum Gasteiger partial charge on any atom is -0.347 e. The average Bonchev–Trinajstić information content (AvgIpc) is 2.60. The molecule has 28 heavy (non-hydrogen) atoms. The molecular formula is C18H26F2IN5O2. The van der Waals surface area contributed by atoms with Crippen molar-refractivity contribution in [3.63, 3.8) is 0 Å². The van der Waals surface area contributed by atoms with E-state index in [4.69, 9.17) is 0 Å². The molecule has 0 aliphatic carbocycles. The van der Waals surface area contributed by atoms with E-state index in [0.29, 0.717) is 30.1 Å². The zero-order valence-corrected chi connectivity index (χ0v) is 18.8. The minimum absolute atomic E-state index is 0. The molecule has 1 aliphatic rings. The third kappa shape index (κ3) is 6.28. The maximum absolute atomic E-state index is 13.9. The zero-order valence-electron chi connectivity index (χ0n) is 16.5. The van der Waals surface area contributed by atoms with Crippen LogP contribution < -0.4 is 5.32 Å². The molecule has 10 heteroatoms. The number of halogens is 3. The first kappa shape index (κ1) is 24.1. The summed E-state index contributed by atoms with van der Waals surface area (Å²) in [5.74, 6) is -1.18. The highest BCUT2D eigenvalue weighted by Crippen LogP contribution is 2.23. The molecule has 0 saturated carbocycles. The number of carbonyl (C=O) groups excluding carboxylic acids is 2. The number of nitrogens with one attached hydrogen (secondary N) is 1. The summed E-state index contributed by atoms with van der Waals surface area (Å²) in [5.41, 5.74) is 1.02. The number of guanidine groups is 1. The van der Waals surface area contributed by atoms with E-state index in [1.54, 1.807) is 33.1 Å². The summed E-state index contributed by atoms with van der Waals surface area (Å²) in [4.78, 5) is 32.7. The van der Waals surface area contributed by atoms with E-state index in [-0.39, 0.29) is 55.4 Å². The predicted molar refractivity (Wildman–Crippen MR) is 114 cm³/mol. The molecule has 0 bridgehead atoms. The predicted octanol–water partition coefficient (Wildman–Crippen LogP) is 1.06. The van der Waals surface area contributed by atoms with Crippen molar-refractivity contribution in [3.05, 3.63) is 34.9 Å². The third-order valence-corrected chi connectivity index (χ3v) is 4.30. The summed E-state index contributed by atoms with van der Waals surface area (Å²) in [7, 11) is 6.53. The summed E-state index contributed by atoms with van der Waals surface area (Å²) in [6.45, 7) is 0.588. The van der Waals surface area contributed by atoms with Gasteiger partial charge in [0.15, 0.2) is 5.96 Å². The second-order valence-corrected chi connectivity index (χ2v) is 6.77. The van der Waals surface area contributed by atoms with Crippen molar-refractivity contribution in [1.29, 1.82) is 0 Å². The van der Waals surface area contributed by atoms with E-state index in [0.717, 1.165) is 6.07 Å². The number of hydrogen-bond acceptors (Lipinski definition) is 3. The molecule has 0 unspecified atom stereocenters. The molecule has 1 N–H and O–H groups in total. The van der Waals surface area contributed by atoms with Crippen LogP contribution in [0.2, 0.25) is 0 Å². The lowest BCUT2D eigenvalue weighted by Crippen LogP contribution is -2.47. The molecule has 1 aromatic rings. The van der Waals surface area contributed by atoms with Gasteiger partial charge in [-0.1, -0.05) is 0 Å². The van der Waals surface area contributed by atoms with Crippen LogP contribution in [0.15, 0.2) is 17.1 Å². The summed E-state index contributed by atoms with van der Waals surface area (Å²) in [6, 6.07) is 2.19. The van der Waals surface area contributed by atoms with Gasteiger partial charge in [0.1, 0.15) is 18.2 Å². The molecule has 0 radical (unpaired) electrons. The number of likely N-dealkylation sites (N-methyl/N-ethyl adjacent to an activating group) is 2. The highest BCUT2D eigenvalue weighted by molar-refractivity contribution is 14.0. The van der Waals surface area contributed by atoms with E-state index >= 15 is 0 Å². The third-order valence-electron chi connectivity index (χ3n) is 4.30. The van der Waals surface area contributed by atoms with E-state index < -0.39 is 11.6 Å². The van der Waals surface area contributed by atoms with Gasteiger partial charge in [0.25, 0.3) is 0 Å². The van der Waals surface area contributed by atoms with E-state index in [1.165, 1.54) is 15.9 Å². The summed E-state index contributed by atoms with van der Waals surface area (Å²) in [6.07, 6.45) is 0.380. The number of nitrogens with zero attached hydrogens (tertiary/aromatic N) is 4. The van der Waals surface area contributed by atoms with Crippen molar-refractivity contribution in [2.45, 2.75) is 13.0 Å². The topological polar surface area (TPSA) is 68.2 Å². The Kier molecular flexibility index (Phi) is 9.05. The van der Waals surface area contributed by atoms with Crippen molar-refractivity contribution in [2.24, 2.45) is 4.99 Å². The van der Waals surface area contributed by atoms with Gasteiger partial charge in [-0.2, -0.15) is 0 Å². The van der Waals surface area contributed by atoms with Gasteiger partial charge in [-0.15, -0.1) is 24.0 Å². The molecule has 0 saturated heterocycles. The first-order valence-electron chi connectivity index (χ1n) is 8.59. The number of benzene rings is 1. The number of carbonyl (C=O) groups is 2. The van der Waals surface area contributed by atoms with Crippen molar-refractivity contribution in [1.82, 2.24) is 20.0 Å². The Hall–Kier alpha value is -1.98. The molecule has 1 aliphatic heterocycles. The molecule has 1 heterocycles. The Balaban J connectivity index is 0.00000392. The quantitative estimate of drug-likeness (QED) is 0.375. The molecular weight excluding hydrogens is 483 g/mol. The van der Waals surface area contributed by atoms with Crippen LogP contribution in [0.5, 0.6) is 0 Å². The zero-order chi connectivity index (χ0) is 20.1. The van der Waals surface area contributed by atoms with E-state index in [2.05, 4.69) is 10.3 Å². The number of rotatable bonds is 4. The summed E-state index contributed by atoms with van der Waals surface area (Å²) < 4.78 is 27.5. The molecule has 0 atom stereocenters. The minimum atomic E-state index is -0.634. The molecule has 0 fully saturated rings. The van der Waals surface area contributed by atoms with Crippen LogP contribution in [0.3, 0.4) is 0 Å². The van der Waals surface area contributed by atoms with E-state index in [1.807, 2.05) is 0 Å². The summed E-state index contributed by atoms with van der Waals surface area (Å²) in [5, 5.41) is 2.95. The monoisotopic (exact) mass is 509 g/mol. The Morgan fingerprint density at radius 3 is 2.39 bits per heavy atom. The van der Waals surface area contributed by atoms with Crippen molar-refractivity contribution in [2.75, 3.05) is 47.8 Å². The lowest BCUT2D eigenvalue weighted by molar-refractivity contribution is -0.127. The Labute approximate surface area is 180 Å². The fraction of sp³-hybridized carbons (Fsp3) is 0.500. The van der Waals surface area contributed by atoms with Crippen LogP contribution in [0.4, 0.5) is 8.78 Å². The SMILES string of the molecule is CN(C)C(=O)CN=C(NCC(=O)N(C)C)N1CCc2c(F)cc(F)cc2C1.I. The maximum Gasteiger partial charge on any atom is 0.243 e. The van der Waals surface area contributed by atoms with Crippen LogP contribution in [-0.4, -0.2) is 80.3 Å². The van der Waals surface area contributed by atoms with Crippen LogP contribution in [0.25, 0.3) is 0 Å². The second kappa shape index (κ2) is 10.5.